The van der Waals surface area contributed by atoms with Crippen LogP contribution < -0.4 is 10.5 Å². The van der Waals surface area contributed by atoms with Gasteiger partial charge in [0.2, 0.25) is 0 Å². The molecule has 1 saturated heterocycles. The zero-order valence-corrected chi connectivity index (χ0v) is 11.2. The van der Waals surface area contributed by atoms with Gasteiger partial charge in [-0.1, -0.05) is 12.1 Å². The fourth-order valence-corrected chi connectivity index (χ4v) is 3.71. The number of hydrogen-bond donors (Lipinski definition) is 1. The van der Waals surface area contributed by atoms with E-state index in [1.807, 2.05) is 11.8 Å². The second kappa shape index (κ2) is 5.63. The second-order valence-corrected chi connectivity index (χ2v) is 6.27. The maximum Gasteiger partial charge on any atom is 0.573 e. The molecule has 2 N–H and O–H groups in total. The number of halogens is 3. The third kappa shape index (κ3) is 4.04. The van der Waals surface area contributed by atoms with E-state index in [1.165, 1.54) is 12.1 Å². The van der Waals surface area contributed by atoms with E-state index in [2.05, 4.69) is 4.74 Å². The molecule has 0 saturated carbocycles. The monoisotopic (exact) mass is 291 g/mol. The van der Waals surface area contributed by atoms with E-state index >= 15 is 0 Å². The molecule has 1 aromatic rings. The molecule has 0 amide bonds. The van der Waals surface area contributed by atoms with Crippen LogP contribution in [0, 0.1) is 0 Å². The molecule has 2 nitrogen and oxygen atoms in total. The zero-order chi connectivity index (χ0) is 13.9. The first kappa shape index (κ1) is 14.5. The number of ether oxygens (including phenoxy) is 1. The average Bonchev–Trinajstić information content (AvgIpc) is 2.79. The summed E-state index contributed by atoms with van der Waals surface area (Å²) in [5.41, 5.74) is 6.83. The lowest BCUT2D eigenvalue weighted by Gasteiger charge is -2.26. The number of rotatable bonds is 4. The highest BCUT2D eigenvalue weighted by molar-refractivity contribution is 8.00. The van der Waals surface area contributed by atoms with Crippen LogP contribution in [0.3, 0.4) is 0 Å². The van der Waals surface area contributed by atoms with Crippen LogP contribution >= 0.6 is 11.8 Å². The van der Waals surface area contributed by atoms with Crippen LogP contribution in [0.25, 0.3) is 0 Å². The van der Waals surface area contributed by atoms with Crippen LogP contribution in [0.5, 0.6) is 5.75 Å². The van der Waals surface area contributed by atoms with E-state index in [9.17, 15) is 13.2 Å². The minimum atomic E-state index is -4.64. The molecule has 0 spiro atoms. The van der Waals surface area contributed by atoms with Crippen LogP contribution in [0.15, 0.2) is 24.3 Å². The molecule has 1 atom stereocenters. The lowest BCUT2D eigenvalue weighted by molar-refractivity contribution is -0.274. The zero-order valence-electron chi connectivity index (χ0n) is 10.4. The summed E-state index contributed by atoms with van der Waals surface area (Å²) in [7, 11) is 0. The topological polar surface area (TPSA) is 35.2 Å². The smallest absolute Gasteiger partial charge is 0.406 e. The highest BCUT2D eigenvalue weighted by Crippen LogP contribution is 2.40. The minimum Gasteiger partial charge on any atom is -0.406 e. The normalized spacial score (nSPS) is 23.6. The Balaban J connectivity index is 2.02. The van der Waals surface area contributed by atoms with E-state index in [-0.39, 0.29) is 10.5 Å². The number of hydrogen-bond acceptors (Lipinski definition) is 3. The number of nitrogens with two attached hydrogens (primary N) is 1. The summed E-state index contributed by atoms with van der Waals surface area (Å²) >= 11 is 1.86. The molecule has 19 heavy (non-hydrogen) atoms. The minimum absolute atomic E-state index is 0.0480. The molecule has 1 aliphatic rings. The lowest BCUT2D eigenvalue weighted by Crippen LogP contribution is -2.34. The quantitative estimate of drug-likeness (QED) is 0.924. The Morgan fingerprint density at radius 2 is 1.95 bits per heavy atom. The standard InChI is InChI=1S/C13H16F3NOS/c14-13(15,16)18-11-4-2-10(3-5-11)8-12(9-17)6-1-7-19-12/h2-5H,1,6-9,17H2. The molecule has 1 heterocycles. The third-order valence-electron chi connectivity index (χ3n) is 3.24. The summed E-state index contributed by atoms with van der Waals surface area (Å²) in [6, 6.07) is 6.06. The fraction of sp³-hybridized carbons (Fsp3) is 0.538. The van der Waals surface area contributed by atoms with Gasteiger partial charge in [0.15, 0.2) is 0 Å². The molecule has 0 radical (unpaired) electrons. The summed E-state index contributed by atoms with van der Waals surface area (Å²) < 4.78 is 40.0. The molecule has 0 aromatic heterocycles. The Morgan fingerprint density at radius 3 is 2.42 bits per heavy atom. The second-order valence-electron chi connectivity index (χ2n) is 4.71. The van der Waals surface area contributed by atoms with E-state index in [1.54, 1.807) is 12.1 Å². The molecule has 1 unspecified atom stereocenters. The summed E-state index contributed by atoms with van der Waals surface area (Å²) in [5, 5.41) is 0. The van der Waals surface area contributed by atoms with Gasteiger partial charge in [0.1, 0.15) is 5.75 Å². The summed E-state index contributed by atoms with van der Waals surface area (Å²) in [5.74, 6) is 0.920. The number of benzene rings is 1. The molecular weight excluding hydrogens is 275 g/mol. The Labute approximate surface area is 114 Å². The molecule has 1 fully saturated rings. The van der Waals surface area contributed by atoms with Gasteiger partial charge in [-0.2, -0.15) is 11.8 Å². The van der Waals surface area contributed by atoms with Gasteiger partial charge in [0.05, 0.1) is 0 Å². The largest absolute Gasteiger partial charge is 0.573 e. The molecule has 6 heteroatoms. The Hall–Kier alpha value is -0.880. The maximum atomic E-state index is 12.0. The van der Waals surface area contributed by atoms with Crippen LogP contribution in [0.1, 0.15) is 18.4 Å². The van der Waals surface area contributed by atoms with Gasteiger partial charge in [-0.25, -0.2) is 0 Å². The van der Waals surface area contributed by atoms with E-state index < -0.39 is 6.36 Å². The first-order valence-corrected chi connectivity index (χ1v) is 7.10. The molecule has 1 aliphatic heterocycles. The van der Waals surface area contributed by atoms with Crippen molar-refractivity contribution in [3.05, 3.63) is 29.8 Å². The Kier molecular flexibility index (Phi) is 4.30. The van der Waals surface area contributed by atoms with Crippen molar-refractivity contribution < 1.29 is 17.9 Å². The van der Waals surface area contributed by atoms with Crippen molar-refractivity contribution in [2.75, 3.05) is 12.3 Å². The summed E-state index contributed by atoms with van der Waals surface area (Å²) in [6.07, 6.45) is -1.63. The number of alkyl halides is 3. The Bertz CT molecular complexity index is 413. The van der Waals surface area contributed by atoms with Gasteiger partial charge in [-0.05, 0) is 42.7 Å². The lowest BCUT2D eigenvalue weighted by atomic mass is 9.94. The molecular formula is C13H16F3NOS. The van der Waals surface area contributed by atoms with Crippen LogP contribution in [-0.2, 0) is 6.42 Å². The van der Waals surface area contributed by atoms with Gasteiger partial charge >= 0.3 is 6.36 Å². The molecule has 1 aromatic carbocycles. The first-order chi connectivity index (χ1) is 8.92. The SMILES string of the molecule is NCC1(Cc2ccc(OC(F)(F)F)cc2)CCCS1. The van der Waals surface area contributed by atoms with Crippen LogP contribution in [-0.4, -0.2) is 23.4 Å². The fourth-order valence-electron chi connectivity index (χ4n) is 2.31. The molecule has 0 aliphatic carbocycles. The van der Waals surface area contributed by atoms with Gasteiger partial charge < -0.3 is 10.5 Å². The first-order valence-electron chi connectivity index (χ1n) is 6.11. The van der Waals surface area contributed by atoms with Crippen LogP contribution in [0.4, 0.5) is 13.2 Å². The number of thioether (sulfide) groups is 1. The maximum absolute atomic E-state index is 12.0. The van der Waals surface area contributed by atoms with Crippen molar-refractivity contribution >= 4 is 11.8 Å². The Morgan fingerprint density at radius 1 is 1.26 bits per heavy atom. The van der Waals surface area contributed by atoms with E-state index in [0.717, 1.165) is 30.6 Å². The predicted octanol–water partition coefficient (Wildman–Crippen LogP) is 3.35. The predicted molar refractivity (Wildman–Crippen MR) is 70.3 cm³/mol. The van der Waals surface area contributed by atoms with Gasteiger partial charge in [-0.15, -0.1) is 13.2 Å². The van der Waals surface area contributed by atoms with Crippen LogP contribution in [0.2, 0.25) is 0 Å². The molecule has 0 bridgehead atoms. The van der Waals surface area contributed by atoms with Crippen molar-refractivity contribution in [2.24, 2.45) is 5.73 Å². The highest BCUT2D eigenvalue weighted by Gasteiger charge is 2.34. The third-order valence-corrected chi connectivity index (χ3v) is 4.86. The van der Waals surface area contributed by atoms with Gasteiger partial charge in [0, 0.05) is 11.3 Å². The van der Waals surface area contributed by atoms with Crippen molar-refractivity contribution in [3.8, 4) is 5.75 Å². The van der Waals surface area contributed by atoms with E-state index in [4.69, 9.17) is 5.73 Å². The van der Waals surface area contributed by atoms with Crippen molar-refractivity contribution in [1.82, 2.24) is 0 Å². The highest BCUT2D eigenvalue weighted by atomic mass is 32.2. The molecule has 2 rings (SSSR count). The van der Waals surface area contributed by atoms with Crippen molar-refractivity contribution in [3.63, 3.8) is 0 Å². The van der Waals surface area contributed by atoms with Gasteiger partial charge in [0.25, 0.3) is 0 Å². The van der Waals surface area contributed by atoms with E-state index in [0.29, 0.717) is 6.54 Å². The molecule has 106 valence electrons. The van der Waals surface area contributed by atoms with Gasteiger partial charge in [-0.3, -0.25) is 0 Å². The summed E-state index contributed by atoms with van der Waals surface area (Å²) in [4.78, 5) is 0. The van der Waals surface area contributed by atoms with Crippen molar-refractivity contribution in [1.29, 1.82) is 0 Å². The average molecular weight is 291 g/mol. The summed E-state index contributed by atoms with van der Waals surface area (Å²) in [6.45, 7) is 0.596. The van der Waals surface area contributed by atoms with Crippen molar-refractivity contribution in [2.45, 2.75) is 30.4 Å².